The van der Waals surface area contributed by atoms with Crippen molar-refractivity contribution in [2.24, 2.45) is 4.99 Å². The van der Waals surface area contributed by atoms with Crippen LogP contribution in [0.2, 0.25) is 0 Å². The second kappa shape index (κ2) is 12.1. The molecule has 0 aromatic carbocycles. The van der Waals surface area contributed by atoms with Gasteiger partial charge in [0.1, 0.15) is 5.60 Å². The Kier molecular flexibility index (Phi) is 10.6. The average molecular weight is 504 g/mol. The first kappa shape index (κ1) is 23.6. The molecule has 8 heteroatoms. The molecule has 0 fully saturated rings. The topological polar surface area (TPSA) is 78.8 Å². The first-order valence-electron chi connectivity index (χ1n) is 8.91. The van der Waals surface area contributed by atoms with E-state index in [-0.39, 0.29) is 24.0 Å². The zero-order valence-electron chi connectivity index (χ0n) is 16.1. The number of hydrogen-bond acceptors (Lipinski definition) is 5. The predicted octanol–water partition coefficient (Wildman–Crippen LogP) is 3.51. The molecule has 0 radical (unpaired) electrons. The van der Waals surface area contributed by atoms with E-state index in [0.717, 1.165) is 23.4 Å². The summed E-state index contributed by atoms with van der Waals surface area (Å²) < 4.78 is 5.49. The number of aromatic nitrogens is 1. The van der Waals surface area contributed by atoms with Crippen molar-refractivity contribution in [2.75, 3.05) is 19.7 Å². The molecule has 0 spiro atoms. The summed E-state index contributed by atoms with van der Waals surface area (Å²) in [5.74, 6) is 1.30. The smallest absolute Gasteiger partial charge is 0.213 e. The highest BCUT2D eigenvalue weighted by atomic mass is 127. The van der Waals surface area contributed by atoms with Crippen LogP contribution in [0.25, 0.3) is 0 Å². The minimum atomic E-state index is -0.940. The maximum absolute atomic E-state index is 10.6. The number of nitrogens with zero attached hydrogens (tertiary/aromatic N) is 2. The summed E-state index contributed by atoms with van der Waals surface area (Å²) in [5.41, 5.74) is 0.0561. The van der Waals surface area contributed by atoms with Gasteiger partial charge in [0.15, 0.2) is 5.96 Å². The van der Waals surface area contributed by atoms with Crippen LogP contribution in [0.3, 0.4) is 0 Å². The molecule has 0 saturated heterocycles. The van der Waals surface area contributed by atoms with Crippen molar-refractivity contribution in [3.05, 3.63) is 46.3 Å². The second-order valence-corrected chi connectivity index (χ2v) is 7.10. The van der Waals surface area contributed by atoms with Crippen LogP contribution in [-0.4, -0.2) is 35.7 Å². The standard InChI is InChI=1S/C19H28N4O2S.HI/c1-4-10-25-17-9-8-15(12-21-17)13-22-18(20-5-2)23-14-19(3,24)16-7-6-11-26-16;/h6-9,11-12,24H,4-5,10,13-14H2,1-3H3,(H2,20,22,23);1H. The van der Waals surface area contributed by atoms with E-state index in [1.54, 1.807) is 24.5 Å². The van der Waals surface area contributed by atoms with Gasteiger partial charge < -0.3 is 20.5 Å². The maximum atomic E-state index is 10.6. The third kappa shape index (κ3) is 8.02. The molecule has 0 bridgehead atoms. The van der Waals surface area contributed by atoms with Crippen molar-refractivity contribution in [3.63, 3.8) is 0 Å². The highest BCUT2D eigenvalue weighted by molar-refractivity contribution is 14.0. The number of halogens is 1. The van der Waals surface area contributed by atoms with E-state index in [4.69, 9.17) is 4.74 Å². The Hall–Kier alpha value is -1.39. The molecule has 0 aliphatic carbocycles. The average Bonchev–Trinajstić information content (AvgIpc) is 3.19. The fourth-order valence-electron chi connectivity index (χ4n) is 2.24. The Morgan fingerprint density at radius 2 is 2.11 bits per heavy atom. The Bertz CT molecular complexity index is 676. The number of nitrogens with one attached hydrogen (secondary N) is 2. The molecule has 27 heavy (non-hydrogen) atoms. The Labute approximate surface area is 182 Å². The summed E-state index contributed by atoms with van der Waals surface area (Å²) in [5, 5.41) is 19.0. The van der Waals surface area contributed by atoms with Crippen LogP contribution < -0.4 is 15.4 Å². The number of rotatable bonds is 9. The number of pyridine rings is 1. The highest BCUT2D eigenvalue weighted by Crippen LogP contribution is 2.24. The molecule has 1 atom stereocenters. The highest BCUT2D eigenvalue weighted by Gasteiger charge is 2.24. The summed E-state index contributed by atoms with van der Waals surface area (Å²) in [4.78, 5) is 9.78. The van der Waals surface area contributed by atoms with Gasteiger partial charge in [-0.2, -0.15) is 0 Å². The summed E-state index contributed by atoms with van der Waals surface area (Å²) >= 11 is 1.54. The first-order valence-corrected chi connectivity index (χ1v) is 9.79. The normalized spacial score (nSPS) is 13.4. The van der Waals surface area contributed by atoms with Gasteiger partial charge in [-0.1, -0.05) is 19.1 Å². The van der Waals surface area contributed by atoms with Crippen molar-refractivity contribution in [1.29, 1.82) is 0 Å². The molecule has 2 aromatic rings. The lowest BCUT2D eigenvalue weighted by molar-refractivity contribution is 0.0655. The quantitative estimate of drug-likeness (QED) is 0.277. The Morgan fingerprint density at radius 1 is 1.30 bits per heavy atom. The molecular formula is C19H29IN4O2S. The Balaban J connectivity index is 0.00000364. The van der Waals surface area contributed by atoms with E-state index in [0.29, 0.717) is 31.5 Å². The van der Waals surface area contributed by atoms with E-state index in [1.165, 1.54) is 0 Å². The monoisotopic (exact) mass is 504 g/mol. The van der Waals surface area contributed by atoms with E-state index in [2.05, 4.69) is 27.5 Å². The van der Waals surface area contributed by atoms with Crippen LogP contribution in [-0.2, 0) is 12.1 Å². The third-order valence-electron chi connectivity index (χ3n) is 3.67. The van der Waals surface area contributed by atoms with Crippen molar-refractivity contribution in [1.82, 2.24) is 15.6 Å². The molecule has 0 amide bonds. The van der Waals surface area contributed by atoms with Gasteiger partial charge in [-0.05, 0) is 37.3 Å². The van der Waals surface area contributed by atoms with Crippen LogP contribution in [0.1, 0.15) is 37.6 Å². The molecule has 1 unspecified atom stereocenters. The van der Waals surface area contributed by atoms with Crippen molar-refractivity contribution < 1.29 is 9.84 Å². The number of hydrogen-bond donors (Lipinski definition) is 3. The van der Waals surface area contributed by atoms with Gasteiger partial charge in [-0.3, -0.25) is 0 Å². The van der Waals surface area contributed by atoms with E-state index < -0.39 is 5.60 Å². The van der Waals surface area contributed by atoms with E-state index >= 15 is 0 Å². The predicted molar refractivity (Wildman–Crippen MR) is 122 cm³/mol. The lowest BCUT2D eigenvalue weighted by Gasteiger charge is -2.23. The molecule has 2 rings (SSSR count). The van der Waals surface area contributed by atoms with Crippen LogP contribution in [0.4, 0.5) is 0 Å². The maximum Gasteiger partial charge on any atom is 0.213 e. The largest absolute Gasteiger partial charge is 0.478 e. The number of guanidine groups is 1. The zero-order valence-corrected chi connectivity index (χ0v) is 19.2. The molecule has 6 nitrogen and oxygen atoms in total. The van der Waals surface area contributed by atoms with Gasteiger partial charge in [0.25, 0.3) is 0 Å². The summed E-state index contributed by atoms with van der Waals surface area (Å²) in [6, 6.07) is 7.70. The van der Waals surface area contributed by atoms with Gasteiger partial charge in [-0.25, -0.2) is 9.98 Å². The van der Waals surface area contributed by atoms with Gasteiger partial charge in [0, 0.05) is 23.7 Å². The van der Waals surface area contributed by atoms with Gasteiger partial charge in [0.2, 0.25) is 5.88 Å². The van der Waals surface area contributed by atoms with Crippen molar-refractivity contribution in [2.45, 2.75) is 39.3 Å². The van der Waals surface area contributed by atoms with Crippen molar-refractivity contribution >= 4 is 41.3 Å². The summed E-state index contributed by atoms with van der Waals surface area (Å²) in [6.45, 7) is 8.16. The SMILES string of the molecule is CCCOc1ccc(CN=C(NCC)NCC(C)(O)c2cccs2)cn1.I. The Morgan fingerprint density at radius 3 is 2.70 bits per heavy atom. The van der Waals surface area contributed by atoms with Crippen LogP contribution in [0.5, 0.6) is 5.88 Å². The second-order valence-electron chi connectivity index (χ2n) is 6.15. The fraction of sp³-hybridized carbons (Fsp3) is 0.474. The fourth-order valence-corrected chi connectivity index (χ4v) is 3.02. The molecule has 0 saturated carbocycles. The van der Waals surface area contributed by atoms with E-state index in [1.807, 2.05) is 36.6 Å². The van der Waals surface area contributed by atoms with Crippen LogP contribution >= 0.6 is 35.3 Å². The van der Waals surface area contributed by atoms with Gasteiger partial charge in [0.05, 0.1) is 19.7 Å². The van der Waals surface area contributed by atoms with Crippen LogP contribution in [0.15, 0.2) is 40.8 Å². The molecule has 2 aromatic heterocycles. The van der Waals surface area contributed by atoms with E-state index in [9.17, 15) is 5.11 Å². The lowest BCUT2D eigenvalue weighted by Crippen LogP contribution is -2.44. The molecular weight excluding hydrogens is 475 g/mol. The number of ether oxygens (including phenoxy) is 1. The minimum Gasteiger partial charge on any atom is -0.478 e. The third-order valence-corrected chi connectivity index (χ3v) is 4.79. The minimum absolute atomic E-state index is 0. The molecule has 3 N–H and O–H groups in total. The molecule has 0 aliphatic heterocycles. The molecule has 150 valence electrons. The number of aliphatic imine (C=N–C) groups is 1. The summed E-state index contributed by atoms with van der Waals surface area (Å²) in [6.07, 6.45) is 2.74. The molecule has 2 heterocycles. The van der Waals surface area contributed by atoms with Crippen LogP contribution in [0, 0.1) is 0 Å². The number of aliphatic hydroxyl groups is 1. The summed E-state index contributed by atoms with van der Waals surface area (Å²) in [7, 11) is 0. The zero-order chi connectivity index (χ0) is 18.8. The first-order chi connectivity index (χ1) is 12.5. The van der Waals surface area contributed by atoms with Gasteiger partial charge in [-0.15, -0.1) is 35.3 Å². The van der Waals surface area contributed by atoms with Crippen molar-refractivity contribution in [3.8, 4) is 5.88 Å². The lowest BCUT2D eigenvalue weighted by atomic mass is 10.1. The molecule has 0 aliphatic rings. The van der Waals surface area contributed by atoms with Gasteiger partial charge >= 0.3 is 0 Å². The number of thiophene rings is 1.